The number of nitrogens with one attached hydrogen (secondary N) is 1. The molecule has 1 aliphatic carbocycles. The minimum atomic E-state index is -4.03. The molecule has 0 aromatic rings. The van der Waals surface area contributed by atoms with E-state index >= 15 is 0 Å². The highest BCUT2D eigenvalue weighted by molar-refractivity contribution is 4.81. The van der Waals surface area contributed by atoms with Gasteiger partial charge in [-0.2, -0.15) is 13.2 Å². The van der Waals surface area contributed by atoms with Crippen molar-refractivity contribution in [3.05, 3.63) is 0 Å². The second-order valence-corrected chi connectivity index (χ2v) is 6.65. The summed E-state index contributed by atoms with van der Waals surface area (Å²) in [5.41, 5.74) is 0.370. The first-order valence-corrected chi connectivity index (χ1v) is 6.96. The van der Waals surface area contributed by atoms with Gasteiger partial charge in [-0.25, -0.2) is 0 Å². The lowest BCUT2D eigenvalue weighted by Gasteiger charge is -2.37. The molecule has 0 amide bonds. The zero-order valence-corrected chi connectivity index (χ0v) is 11.7. The molecule has 0 aromatic heterocycles. The smallest absolute Gasteiger partial charge is 0.316 e. The fourth-order valence-corrected chi connectivity index (χ4v) is 2.77. The lowest BCUT2D eigenvalue weighted by Crippen LogP contribution is -2.32. The third kappa shape index (κ3) is 6.07. The molecular formula is C14H26F3N. The van der Waals surface area contributed by atoms with Gasteiger partial charge in [-0.3, -0.25) is 0 Å². The number of hydrogen-bond donors (Lipinski definition) is 1. The molecule has 0 heterocycles. The van der Waals surface area contributed by atoms with Crippen LogP contribution in [-0.4, -0.2) is 19.3 Å². The number of halogens is 3. The first kappa shape index (κ1) is 15.8. The van der Waals surface area contributed by atoms with Crippen molar-refractivity contribution in [2.75, 3.05) is 13.1 Å². The first-order valence-electron chi connectivity index (χ1n) is 6.96. The van der Waals surface area contributed by atoms with Gasteiger partial charge < -0.3 is 5.32 Å². The average molecular weight is 265 g/mol. The third-order valence-corrected chi connectivity index (χ3v) is 4.09. The van der Waals surface area contributed by atoms with E-state index < -0.39 is 12.6 Å². The van der Waals surface area contributed by atoms with Crippen LogP contribution in [0.1, 0.15) is 52.9 Å². The minimum absolute atomic E-state index is 0.0582. The molecule has 0 radical (unpaired) electrons. The standard InChI is InChI=1S/C14H26F3N/c1-13(2,3)12-6-4-11(5-7-12)10-18-9-8-14(15,16)17/h11-12,18H,4-10H2,1-3H3. The quantitative estimate of drug-likeness (QED) is 0.744. The van der Waals surface area contributed by atoms with Crippen LogP contribution in [0.2, 0.25) is 0 Å². The van der Waals surface area contributed by atoms with Gasteiger partial charge in [-0.1, -0.05) is 20.8 Å². The summed E-state index contributed by atoms with van der Waals surface area (Å²) in [6.45, 7) is 7.63. The molecule has 0 saturated heterocycles. The Bertz CT molecular complexity index is 234. The zero-order valence-electron chi connectivity index (χ0n) is 11.7. The van der Waals surface area contributed by atoms with Crippen LogP contribution in [0.15, 0.2) is 0 Å². The molecule has 108 valence electrons. The normalized spacial score (nSPS) is 26.3. The average Bonchev–Trinajstić information content (AvgIpc) is 2.22. The highest BCUT2D eigenvalue weighted by Crippen LogP contribution is 2.39. The van der Waals surface area contributed by atoms with E-state index in [0.717, 1.165) is 25.3 Å². The maximum atomic E-state index is 12.0. The van der Waals surface area contributed by atoms with Gasteiger partial charge in [-0.15, -0.1) is 0 Å². The van der Waals surface area contributed by atoms with Crippen molar-refractivity contribution in [3.8, 4) is 0 Å². The summed E-state index contributed by atoms with van der Waals surface area (Å²) >= 11 is 0. The predicted octanol–water partition coefficient (Wildman–Crippen LogP) is 4.38. The van der Waals surface area contributed by atoms with E-state index in [4.69, 9.17) is 0 Å². The van der Waals surface area contributed by atoms with E-state index in [2.05, 4.69) is 26.1 Å². The van der Waals surface area contributed by atoms with Crippen LogP contribution in [0.3, 0.4) is 0 Å². The molecule has 1 rings (SSSR count). The van der Waals surface area contributed by atoms with Crippen molar-refractivity contribution in [1.82, 2.24) is 5.32 Å². The fraction of sp³-hybridized carbons (Fsp3) is 1.00. The van der Waals surface area contributed by atoms with Crippen LogP contribution < -0.4 is 5.32 Å². The van der Waals surface area contributed by atoms with Crippen LogP contribution >= 0.6 is 0 Å². The summed E-state index contributed by atoms with van der Waals surface area (Å²) < 4.78 is 35.9. The van der Waals surface area contributed by atoms with Crippen molar-refractivity contribution in [2.45, 2.75) is 59.1 Å². The summed E-state index contributed by atoms with van der Waals surface area (Å²) in [6.07, 6.45) is -0.00657. The van der Waals surface area contributed by atoms with Crippen LogP contribution in [0, 0.1) is 17.3 Å². The molecule has 0 unspecified atom stereocenters. The van der Waals surface area contributed by atoms with E-state index in [9.17, 15) is 13.2 Å². The topological polar surface area (TPSA) is 12.0 Å². The van der Waals surface area contributed by atoms with Crippen LogP contribution in [0.4, 0.5) is 13.2 Å². The fourth-order valence-electron chi connectivity index (χ4n) is 2.77. The van der Waals surface area contributed by atoms with Crippen molar-refractivity contribution < 1.29 is 13.2 Å². The summed E-state index contributed by atoms with van der Waals surface area (Å²) in [5, 5.41) is 2.95. The maximum absolute atomic E-state index is 12.0. The Morgan fingerprint density at radius 2 is 1.56 bits per heavy atom. The molecule has 1 N–H and O–H groups in total. The van der Waals surface area contributed by atoms with E-state index in [1.54, 1.807) is 0 Å². The van der Waals surface area contributed by atoms with E-state index in [-0.39, 0.29) is 6.54 Å². The first-order chi connectivity index (χ1) is 8.18. The van der Waals surface area contributed by atoms with Gasteiger partial charge in [0.15, 0.2) is 0 Å². The lowest BCUT2D eigenvalue weighted by molar-refractivity contribution is -0.133. The van der Waals surface area contributed by atoms with Gasteiger partial charge in [0.25, 0.3) is 0 Å². The van der Waals surface area contributed by atoms with Crippen LogP contribution in [0.25, 0.3) is 0 Å². The van der Waals surface area contributed by atoms with Gasteiger partial charge in [0.05, 0.1) is 6.42 Å². The Labute approximate surface area is 109 Å². The van der Waals surface area contributed by atoms with Crippen molar-refractivity contribution >= 4 is 0 Å². The van der Waals surface area contributed by atoms with Crippen molar-refractivity contribution in [3.63, 3.8) is 0 Å². The number of rotatable bonds is 4. The van der Waals surface area contributed by atoms with Crippen molar-refractivity contribution in [1.29, 1.82) is 0 Å². The second kappa shape index (κ2) is 6.27. The monoisotopic (exact) mass is 265 g/mol. The van der Waals surface area contributed by atoms with E-state index in [1.165, 1.54) is 12.8 Å². The number of alkyl halides is 3. The van der Waals surface area contributed by atoms with Gasteiger partial charge in [-0.05, 0) is 49.5 Å². The van der Waals surface area contributed by atoms with Gasteiger partial charge in [0.2, 0.25) is 0 Å². The van der Waals surface area contributed by atoms with Crippen LogP contribution in [-0.2, 0) is 0 Å². The molecule has 4 heteroatoms. The molecule has 1 fully saturated rings. The Morgan fingerprint density at radius 3 is 2.00 bits per heavy atom. The molecule has 0 atom stereocenters. The van der Waals surface area contributed by atoms with Crippen LogP contribution in [0.5, 0.6) is 0 Å². The third-order valence-electron chi connectivity index (χ3n) is 4.09. The summed E-state index contributed by atoms with van der Waals surface area (Å²) in [5.74, 6) is 1.33. The highest BCUT2D eigenvalue weighted by atomic mass is 19.4. The van der Waals surface area contributed by atoms with Gasteiger partial charge >= 0.3 is 6.18 Å². The summed E-state index contributed by atoms with van der Waals surface area (Å²) in [4.78, 5) is 0. The molecule has 0 aromatic carbocycles. The summed E-state index contributed by atoms with van der Waals surface area (Å²) in [6, 6.07) is 0. The minimum Gasteiger partial charge on any atom is -0.316 e. The maximum Gasteiger partial charge on any atom is 0.390 e. The predicted molar refractivity (Wildman–Crippen MR) is 68.4 cm³/mol. The molecule has 1 nitrogen and oxygen atoms in total. The lowest BCUT2D eigenvalue weighted by atomic mass is 9.70. The molecular weight excluding hydrogens is 239 g/mol. The van der Waals surface area contributed by atoms with Gasteiger partial charge in [0, 0.05) is 6.54 Å². The Morgan fingerprint density at radius 1 is 1.00 bits per heavy atom. The number of hydrogen-bond acceptors (Lipinski definition) is 1. The second-order valence-electron chi connectivity index (χ2n) is 6.65. The molecule has 1 saturated carbocycles. The molecule has 0 aliphatic heterocycles. The Kier molecular flexibility index (Phi) is 5.50. The van der Waals surface area contributed by atoms with E-state index in [1.807, 2.05) is 0 Å². The zero-order chi connectivity index (χ0) is 13.8. The molecule has 0 spiro atoms. The largest absolute Gasteiger partial charge is 0.390 e. The Balaban J connectivity index is 2.13. The molecule has 0 bridgehead atoms. The Hall–Kier alpha value is -0.250. The molecule has 1 aliphatic rings. The van der Waals surface area contributed by atoms with Gasteiger partial charge in [0.1, 0.15) is 0 Å². The molecule has 18 heavy (non-hydrogen) atoms. The van der Waals surface area contributed by atoms with E-state index in [0.29, 0.717) is 11.3 Å². The van der Waals surface area contributed by atoms with Crippen molar-refractivity contribution in [2.24, 2.45) is 17.3 Å². The highest BCUT2D eigenvalue weighted by Gasteiger charge is 2.30. The SMILES string of the molecule is CC(C)(C)C1CCC(CNCCC(F)(F)F)CC1. The summed E-state index contributed by atoms with van der Waals surface area (Å²) in [7, 11) is 0.